The molecule has 0 aliphatic carbocycles. The van der Waals surface area contributed by atoms with E-state index < -0.39 is 32.8 Å². The molecule has 3 aromatic rings. The van der Waals surface area contributed by atoms with Crippen molar-refractivity contribution in [3.8, 4) is 0 Å². The number of aryl methyl sites for hydroxylation is 1. The molecule has 0 saturated heterocycles. The van der Waals surface area contributed by atoms with E-state index in [1.807, 2.05) is 30.3 Å². The summed E-state index contributed by atoms with van der Waals surface area (Å²) < 4.78 is 6.47. The van der Waals surface area contributed by atoms with Crippen LogP contribution >= 0.6 is 11.6 Å². The molecule has 0 spiro atoms. The summed E-state index contributed by atoms with van der Waals surface area (Å²) in [6.07, 6.45) is 1.99. The summed E-state index contributed by atoms with van der Waals surface area (Å²) >= 11 is 5.93. The summed E-state index contributed by atoms with van der Waals surface area (Å²) in [5, 5.41) is 16.0. The molecule has 7 nitrogen and oxygen atoms in total. The third-order valence-electron chi connectivity index (χ3n) is 9.16. The SMILES string of the molecule is CC(C)C(C)(C)[Si](C)(C)OCCCc1ccccc1C(=O)c1ccccc1C(=O)N[C@@H](CO)C(=O)NCCc1ccc(Cl)cc1. The molecule has 3 rings (SSSR count). The van der Waals surface area contributed by atoms with Crippen molar-refractivity contribution in [2.45, 2.75) is 71.1 Å². The van der Waals surface area contributed by atoms with Crippen LogP contribution < -0.4 is 10.6 Å². The first kappa shape index (κ1) is 36.2. The molecule has 0 bridgehead atoms. The summed E-state index contributed by atoms with van der Waals surface area (Å²) in [7, 11) is -1.95. The van der Waals surface area contributed by atoms with E-state index in [1.165, 1.54) is 0 Å². The molecular weight excluding hydrogens is 604 g/mol. The number of halogens is 1. The number of aliphatic hydroxyl groups is 1. The van der Waals surface area contributed by atoms with Crippen molar-refractivity contribution in [3.05, 3.63) is 106 Å². The number of rotatable bonds is 16. The highest BCUT2D eigenvalue weighted by Crippen LogP contribution is 2.44. The molecule has 3 N–H and O–H groups in total. The quantitative estimate of drug-likeness (QED) is 0.0919. The van der Waals surface area contributed by atoms with E-state index >= 15 is 0 Å². The van der Waals surface area contributed by atoms with E-state index in [9.17, 15) is 19.5 Å². The van der Waals surface area contributed by atoms with Crippen LogP contribution in [-0.2, 0) is 22.1 Å². The van der Waals surface area contributed by atoms with Crippen LogP contribution in [0.3, 0.4) is 0 Å². The van der Waals surface area contributed by atoms with Gasteiger partial charge in [0.2, 0.25) is 5.91 Å². The summed E-state index contributed by atoms with van der Waals surface area (Å²) in [6, 6.07) is 20.1. The molecule has 0 aromatic heterocycles. The molecule has 0 saturated carbocycles. The van der Waals surface area contributed by atoms with E-state index in [1.54, 1.807) is 42.5 Å². The number of benzene rings is 3. The molecule has 3 aromatic carbocycles. The number of aliphatic hydroxyl groups excluding tert-OH is 1. The molecule has 45 heavy (non-hydrogen) atoms. The standard InChI is InChI=1S/C36H47ClN2O5Si/c1-25(2)36(3,4)45(5,6)44-23-11-13-27-12-7-8-14-29(27)33(41)30-15-9-10-16-31(30)34(42)39-32(24-40)35(43)38-22-21-26-17-19-28(37)20-18-26/h7-10,12,14-20,25,32,40H,11,13,21-24H2,1-6H3,(H,38,43)(H,39,42)/t32-/m0/s1. The topological polar surface area (TPSA) is 105 Å². The normalized spacial score (nSPS) is 12.6. The van der Waals surface area contributed by atoms with Crippen LogP contribution in [0.1, 0.15) is 71.5 Å². The van der Waals surface area contributed by atoms with E-state index in [0.29, 0.717) is 42.5 Å². The van der Waals surface area contributed by atoms with Gasteiger partial charge >= 0.3 is 0 Å². The smallest absolute Gasteiger partial charge is 0.252 e. The van der Waals surface area contributed by atoms with E-state index in [-0.39, 0.29) is 21.9 Å². The molecular formula is C36H47ClN2O5Si. The molecule has 2 amide bonds. The second-order valence-electron chi connectivity index (χ2n) is 12.7. The lowest BCUT2D eigenvalue weighted by Crippen LogP contribution is -2.49. The number of hydrogen-bond donors (Lipinski definition) is 3. The fourth-order valence-corrected chi connectivity index (χ4v) is 7.53. The lowest BCUT2D eigenvalue weighted by Gasteiger charge is -2.42. The van der Waals surface area contributed by atoms with Crippen LogP contribution in [0, 0.1) is 5.92 Å². The number of carbonyl (C=O) groups is 3. The maximum Gasteiger partial charge on any atom is 0.252 e. The van der Waals surface area contributed by atoms with Crippen LogP contribution in [0.25, 0.3) is 0 Å². The van der Waals surface area contributed by atoms with Gasteiger partial charge in [-0.2, -0.15) is 0 Å². The predicted octanol–water partition coefficient (Wildman–Crippen LogP) is 6.61. The molecule has 0 heterocycles. The van der Waals surface area contributed by atoms with Gasteiger partial charge in [-0.1, -0.05) is 93.9 Å². The zero-order chi connectivity index (χ0) is 33.2. The Hall–Kier alpha value is -3.30. The first-order valence-electron chi connectivity index (χ1n) is 15.6. The lowest BCUT2D eigenvalue weighted by molar-refractivity contribution is -0.123. The maximum atomic E-state index is 13.8. The van der Waals surface area contributed by atoms with Crippen LogP contribution in [0.4, 0.5) is 0 Å². The highest BCUT2D eigenvalue weighted by Gasteiger charge is 2.43. The Morgan fingerprint density at radius 1 is 0.889 bits per heavy atom. The Bertz CT molecular complexity index is 1460. The Morgan fingerprint density at radius 3 is 2.11 bits per heavy atom. The zero-order valence-electron chi connectivity index (χ0n) is 27.3. The van der Waals surface area contributed by atoms with Gasteiger partial charge in [0.05, 0.1) is 12.2 Å². The summed E-state index contributed by atoms with van der Waals surface area (Å²) in [5.41, 5.74) is 2.76. The summed E-state index contributed by atoms with van der Waals surface area (Å²) in [6.45, 7) is 13.9. The number of amides is 2. The van der Waals surface area contributed by atoms with Crippen LogP contribution in [0.5, 0.6) is 0 Å². The van der Waals surface area contributed by atoms with Crippen molar-refractivity contribution < 1.29 is 23.9 Å². The average Bonchev–Trinajstić information content (AvgIpc) is 3.02. The minimum absolute atomic E-state index is 0.123. The molecule has 0 unspecified atom stereocenters. The van der Waals surface area contributed by atoms with Gasteiger partial charge in [0.15, 0.2) is 14.1 Å². The monoisotopic (exact) mass is 650 g/mol. The molecule has 0 radical (unpaired) electrons. The van der Waals surface area contributed by atoms with Crippen LogP contribution in [0.2, 0.25) is 23.2 Å². The van der Waals surface area contributed by atoms with Crippen molar-refractivity contribution in [1.29, 1.82) is 0 Å². The fourth-order valence-electron chi connectivity index (χ4n) is 4.99. The van der Waals surface area contributed by atoms with Crippen molar-refractivity contribution in [2.24, 2.45) is 5.92 Å². The van der Waals surface area contributed by atoms with Gasteiger partial charge < -0.3 is 20.2 Å². The van der Waals surface area contributed by atoms with Gasteiger partial charge in [0.1, 0.15) is 6.04 Å². The molecule has 242 valence electrons. The molecule has 0 aliphatic rings. The van der Waals surface area contributed by atoms with E-state index in [2.05, 4.69) is 51.4 Å². The van der Waals surface area contributed by atoms with E-state index in [0.717, 1.165) is 17.5 Å². The number of ketones is 1. The summed E-state index contributed by atoms with van der Waals surface area (Å²) in [5.74, 6) is -0.895. The van der Waals surface area contributed by atoms with Crippen molar-refractivity contribution in [2.75, 3.05) is 19.8 Å². The van der Waals surface area contributed by atoms with Crippen molar-refractivity contribution in [3.63, 3.8) is 0 Å². The molecule has 9 heteroatoms. The highest BCUT2D eigenvalue weighted by molar-refractivity contribution is 6.74. The number of hydrogen-bond acceptors (Lipinski definition) is 5. The first-order chi connectivity index (χ1) is 21.3. The second-order valence-corrected chi connectivity index (χ2v) is 17.8. The lowest BCUT2D eigenvalue weighted by atomic mass is 9.93. The fraction of sp³-hybridized carbons (Fsp3) is 0.417. The Balaban J connectivity index is 1.66. The third-order valence-corrected chi connectivity index (χ3v) is 14.0. The number of nitrogens with one attached hydrogen (secondary N) is 2. The molecule has 0 fully saturated rings. The minimum atomic E-state index is -1.95. The van der Waals surface area contributed by atoms with E-state index in [4.69, 9.17) is 16.0 Å². The van der Waals surface area contributed by atoms with Gasteiger partial charge in [0, 0.05) is 29.3 Å². The van der Waals surface area contributed by atoms with Gasteiger partial charge in [-0.3, -0.25) is 14.4 Å². The summed E-state index contributed by atoms with van der Waals surface area (Å²) in [4.78, 5) is 39.9. The average molecular weight is 651 g/mol. The largest absolute Gasteiger partial charge is 0.417 e. The Kier molecular flexibility index (Phi) is 13.1. The molecule has 0 aliphatic heterocycles. The second kappa shape index (κ2) is 16.3. The number of carbonyl (C=O) groups excluding carboxylic acids is 3. The van der Waals surface area contributed by atoms with Gasteiger partial charge in [0.25, 0.3) is 5.91 Å². The van der Waals surface area contributed by atoms with Gasteiger partial charge in [-0.25, -0.2) is 0 Å². The van der Waals surface area contributed by atoms with Crippen LogP contribution in [-0.4, -0.2) is 56.8 Å². The van der Waals surface area contributed by atoms with Gasteiger partial charge in [-0.05, 0) is 72.6 Å². The third kappa shape index (κ3) is 9.59. The maximum absolute atomic E-state index is 13.8. The molecule has 1 atom stereocenters. The highest BCUT2D eigenvalue weighted by atomic mass is 35.5. The first-order valence-corrected chi connectivity index (χ1v) is 18.9. The van der Waals surface area contributed by atoms with Gasteiger partial charge in [-0.15, -0.1) is 0 Å². The predicted molar refractivity (Wildman–Crippen MR) is 183 cm³/mol. The van der Waals surface area contributed by atoms with Crippen molar-refractivity contribution >= 4 is 37.5 Å². The zero-order valence-corrected chi connectivity index (χ0v) is 29.0. The Morgan fingerprint density at radius 2 is 1.49 bits per heavy atom. The Labute approximate surface area is 273 Å². The van der Waals surface area contributed by atoms with Crippen molar-refractivity contribution in [1.82, 2.24) is 10.6 Å². The minimum Gasteiger partial charge on any atom is -0.417 e. The van der Waals surface area contributed by atoms with Crippen LogP contribution in [0.15, 0.2) is 72.8 Å².